The molecule has 0 spiro atoms. The van der Waals surface area contributed by atoms with Gasteiger partial charge in [0.05, 0.1) is 12.5 Å². The van der Waals surface area contributed by atoms with Gasteiger partial charge in [0.2, 0.25) is 5.89 Å². The topological polar surface area (TPSA) is 82.3 Å². The van der Waals surface area contributed by atoms with Crippen molar-refractivity contribution in [1.29, 1.82) is 0 Å². The molecule has 146 valence electrons. The number of ether oxygens (including phenoxy) is 1. The van der Waals surface area contributed by atoms with Gasteiger partial charge in [-0.05, 0) is 36.1 Å². The van der Waals surface area contributed by atoms with Gasteiger partial charge in [-0.3, -0.25) is 0 Å². The Morgan fingerprint density at radius 1 is 1.14 bits per heavy atom. The van der Waals surface area contributed by atoms with Gasteiger partial charge in [-0.15, -0.1) is 0 Å². The number of hydrogen-bond donors (Lipinski definition) is 0. The molecule has 0 amide bonds. The standard InChI is InChI=1S/C21H22N2O4S/c1-26-17-13-15(9-10-18(17)28(2,24)25)14-19-22-20(27-23-19)21(11-6-12-21)16-7-4-3-5-8-16/h3-5,7-10,13H,6,11-12,14H2,1-2H3. The largest absolute Gasteiger partial charge is 0.495 e. The lowest BCUT2D eigenvalue weighted by Gasteiger charge is -2.38. The van der Waals surface area contributed by atoms with E-state index < -0.39 is 9.84 Å². The summed E-state index contributed by atoms with van der Waals surface area (Å²) < 4.78 is 34.6. The van der Waals surface area contributed by atoms with Crippen molar-refractivity contribution in [3.05, 3.63) is 71.4 Å². The van der Waals surface area contributed by atoms with E-state index in [-0.39, 0.29) is 10.3 Å². The molecule has 1 saturated carbocycles. The summed E-state index contributed by atoms with van der Waals surface area (Å²) in [7, 11) is -1.89. The fraction of sp³-hybridized carbons (Fsp3) is 0.333. The molecule has 3 aromatic rings. The van der Waals surface area contributed by atoms with E-state index in [0.29, 0.717) is 23.9 Å². The second-order valence-corrected chi connectivity index (χ2v) is 9.24. The van der Waals surface area contributed by atoms with Crippen LogP contribution >= 0.6 is 0 Å². The van der Waals surface area contributed by atoms with E-state index in [4.69, 9.17) is 9.26 Å². The van der Waals surface area contributed by atoms with Crippen LogP contribution in [0.3, 0.4) is 0 Å². The molecule has 0 aliphatic heterocycles. The van der Waals surface area contributed by atoms with Gasteiger partial charge in [0.1, 0.15) is 10.6 Å². The monoisotopic (exact) mass is 398 g/mol. The molecule has 28 heavy (non-hydrogen) atoms. The van der Waals surface area contributed by atoms with Crippen LogP contribution in [-0.4, -0.2) is 31.9 Å². The van der Waals surface area contributed by atoms with Crippen LogP contribution in [-0.2, 0) is 21.7 Å². The molecule has 6 nitrogen and oxygen atoms in total. The summed E-state index contributed by atoms with van der Waals surface area (Å²) in [5.74, 6) is 1.55. The Morgan fingerprint density at radius 3 is 2.50 bits per heavy atom. The maximum Gasteiger partial charge on any atom is 0.237 e. The predicted molar refractivity (Wildman–Crippen MR) is 104 cm³/mol. The summed E-state index contributed by atoms with van der Waals surface area (Å²) in [6, 6.07) is 15.3. The van der Waals surface area contributed by atoms with E-state index in [2.05, 4.69) is 22.3 Å². The average molecular weight is 398 g/mol. The Bertz CT molecular complexity index is 1090. The molecule has 7 heteroatoms. The van der Waals surface area contributed by atoms with E-state index in [1.807, 2.05) is 18.2 Å². The average Bonchev–Trinajstić information content (AvgIpc) is 3.09. The van der Waals surface area contributed by atoms with Crippen LogP contribution in [0.5, 0.6) is 5.75 Å². The number of nitrogens with zero attached hydrogens (tertiary/aromatic N) is 2. The summed E-state index contributed by atoms with van der Waals surface area (Å²) in [6.07, 6.45) is 4.73. The summed E-state index contributed by atoms with van der Waals surface area (Å²) in [5, 5.41) is 4.17. The smallest absolute Gasteiger partial charge is 0.237 e. The zero-order chi connectivity index (χ0) is 19.8. The highest BCUT2D eigenvalue weighted by atomic mass is 32.2. The lowest BCUT2D eigenvalue weighted by atomic mass is 9.64. The van der Waals surface area contributed by atoms with Crippen molar-refractivity contribution in [2.75, 3.05) is 13.4 Å². The van der Waals surface area contributed by atoms with Gasteiger partial charge in [0.25, 0.3) is 0 Å². The van der Waals surface area contributed by atoms with Gasteiger partial charge < -0.3 is 9.26 Å². The van der Waals surface area contributed by atoms with Gasteiger partial charge in [0.15, 0.2) is 15.7 Å². The molecule has 4 rings (SSSR count). The molecule has 0 saturated heterocycles. The second kappa shape index (κ2) is 7.05. The fourth-order valence-corrected chi connectivity index (χ4v) is 4.57. The van der Waals surface area contributed by atoms with Crippen LogP contribution < -0.4 is 4.74 Å². The van der Waals surface area contributed by atoms with Crippen molar-refractivity contribution < 1.29 is 17.7 Å². The molecule has 2 aromatic carbocycles. The third kappa shape index (κ3) is 3.30. The molecular formula is C21H22N2O4S. The molecule has 1 heterocycles. The minimum absolute atomic E-state index is 0.171. The number of hydrogen-bond acceptors (Lipinski definition) is 6. The SMILES string of the molecule is COc1cc(Cc2noc(C3(c4ccccc4)CCC3)n2)ccc1S(C)(=O)=O. The quantitative estimate of drug-likeness (QED) is 0.632. The Hall–Kier alpha value is -2.67. The van der Waals surface area contributed by atoms with Gasteiger partial charge in [-0.25, -0.2) is 8.42 Å². The normalized spacial score (nSPS) is 15.8. The predicted octanol–water partition coefficient (Wildman–Crippen LogP) is 3.54. The number of rotatable bonds is 6. The van der Waals surface area contributed by atoms with Crippen molar-refractivity contribution in [3.8, 4) is 5.75 Å². The Labute approximate surface area is 164 Å². The Balaban J connectivity index is 1.61. The lowest BCUT2D eigenvalue weighted by Crippen LogP contribution is -2.35. The van der Waals surface area contributed by atoms with E-state index >= 15 is 0 Å². The van der Waals surface area contributed by atoms with Crippen LogP contribution in [0.1, 0.15) is 42.1 Å². The summed E-state index contributed by atoms with van der Waals surface area (Å²) >= 11 is 0. The molecule has 0 atom stereocenters. The van der Waals surface area contributed by atoms with Crippen LogP contribution in [0.2, 0.25) is 0 Å². The summed E-state index contributed by atoms with van der Waals surface area (Å²) in [5.41, 5.74) is 1.87. The molecule has 0 radical (unpaired) electrons. The lowest BCUT2D eigenvalue weighted by molar-refractivity contribution is 0.216. The minimum Gasteiger partial charge on any atom is -0.495 e. The Kier molecular flexibility index (Phi) is 4.71. The molecule has 0 N–H and O–H groups in total. The molecule has 1 aliphatic carbocycles. The number of sulfone groups is 1. The van der Waals surface area contributed by atoms with Crippen molar-refractivity contribution in [2.45, 2.75) is 36.0 Å². The molecular weight excluding hydrogens is 376 g/mol. The second-order valence-electron chi connectivity index (χ2n) is 7.25. The molecule has 0 bridgehead atoms. The zero-order valence-corrected chi connectivity index (χ0v) is 16.7. The first kappa shape index (κ1) is 18.7. The van der Waals surface area contributed by atoms with Crippen molar-refractivity contribution in [3.63, 3.8) is 0 Å². The third-order valence-corrected chi connectivity index (χ3v) is 6.54. The van der Waals surface area contributed by atoms with Crippen LogP contribution in [0.25, 0.3) is 0 Å². The van der Waals surface area contributed by atoms with Crippen molar-refractivity contribution in [1.82, 2.24) is 10.1 Å². The van der Waals surface area contributed by atoms with E-state index in [0.717, 1.165) is 31.1 Å². The van der Waals surface area contributed by atoms with Crippen molar-refractivity contribution >= 4 is 9.84 Å². The highest BCUT2D eigenvalue weighted by Crippen LogP contribution is 2.48. The minimum atomic E-state index is -3.35. The highest BCUT2D eigenvalue weighted by Gasteiger charge is 2.45. The maximum atomic E-state index is 11.9. The highest BCUT2D eigenvalue weighted by molar-refractivity contribution is 7.90. The van der Waals surface area contributed by atoms with Gasteiger partial charge in [-0.1, -0.05) is 48.0 Å². The van der Waals surface area contributed by atoms with Crippen molar-refractivity contribution in [2.24, 2.45) is 0 Å². The van der Waals surface area contributed by atoms with Gasteiger partial charge in [-0.2, -0.15) is 4.98 Å². The third-order valence-electron chi connectivity index (χ3n) is 5.40. The number of methoxy groups -OCH3 is 1. The van der Waals surface area contributed by atoms with E-state index in [9.17, 15) is 8.42 Å². The number of aromatic nitrogens is 2. The first-order valence-electron chi connectivity index (χ1n) is 9.18. The zero-order valence-electron chi connectivity index (χ0n) is 15.9. The maximum absolute atomic E-state index is 11.9. The summed E-state index contributed by atoms with van der Waals surface area (Å²) in [6.45, 7) is 0. The molecule has 1 aromatic heterocycles. The molecule has 1 aliphatic rings. The molecule has 0 unspecified atom stereocenters. The molecule has 1 fully saturated rings. The Morgan fingerprint density at radius 2 is 1.89 bits per heavy atom. The fourth-order valence-electron chi connectivity index (χ4n) is 3.74. The van der Waals surface area contributed by atoms with E-state index in [1.165, 1.54) is 12.7 Å². The van der Waals surface area contributed by atoms with Crippen LogP contribution in [0, 0.1) is 0 Å². The van der Waals surface area contributed by atoms with Gasteiger partial charge >= 0.3 is 0 Å². The van der Waals surface area contributed by atoms with E-state index in [1.54, 1.807) is 18.2 Å². The van der Waals surface area contributed by atoms with Crippen LogP contribution in [0.15, 0.2) is 57.9 Å². The first-order chi connectivity index (χ1) is 13.4. The first-order valence-corrected chi connectivity index (χ1v) is 11.1. The van der Waals surface area contributed by atoms with Crippen LogP contribution in [0.4, 0.5) is 0 Å². The van der Waals surface area contributed by atoms with Gasteiger partial charge in [0, 0.05) is 12.7 Å². The number of benzene rings is 2. The summed E-state index contributed by atoms with van der Waals surface area (Å²) in [4.78, 5) is 4.84.